The van der Waals surface area contributed by atoms with Crippen LogP contribution in [0.1, 0.15) is 11.9 Å². The van der Waals surface area contributed by atoms with E-state index < -0.39 is 6.29 Å². The maximum Gasteiger partial charge on any atom is 0.200 e. The fraction of sp³-hybridized carbons (Fsp3) is 0.0625. The first-order valence-electron chi connectivity index (χ1n) is 6.14. The summed E-state index contributed by atoms with van der Waals surface area (Å²) in [6.45, 7) is 0. The predicted octanol–water partition coefficient (Wildman–Crippen LogP) is 2.44. The van der Waals surface area contributed by atoms with Gasteiger partial charge < -0.3 is 14.6 Å². The van der Waals surface area contributed by atoms with Gasteiger partial charge in [0, 0.05) is 0 Å². The molecule has 2 aromatic carbocycles. The molecule has 3 aromatic rings. The van der Waals surface area contributed by atoms with Crippen LogP contribution < -0.4 is 5.43 Å². The molecule has 3 rings (SSSR count). The molecule has 0 unspecified atom stereocenters. The molecule has 1 aromatic heterocycles. The monoisotopic (exact) mass is 268 g/mol. The van der Waals surface area contributed by atoms with E-state index in [0.717, 1.165) is 5.56 Å². The lowest BCUT2D eigenvalue weighted by atomic mass is 10.0. The van der Waals surface area contributed by atoms with E-state index >= 15 is 0 Å². The Morgan fingerprint density at radius 1 is 0.950 bits per heavy atom. The van der Waals surface area contributed by atoms with Gasteiger partial charge in [-0.1, -0.05) is 42.5 Å². The number of hydrogen-bond donors (Lipinski definition) is 2. The first kappa shape index (κ1) is 12.6. The van der Waals surface area contributed by atoms with Crippen molar-refractivity contribution in [3.63, 3.8) is 0 Å². The molecule has 1 heterocycles. The van der Waals surface area contributed by atoms with E-state index in [1.807, 2.05) is 30.3 Å². The zero-order valence-electron chi connectivity index (χ0n) is 10.5. The van der Waals surface area contributed by atoms with E-state index in [-0.39, 0.29) is 16.6 Å². The number of hydrogen-bond acceptors (Lipinski definition) is 4. The van der Waals surface area contributed by atoms with Crippen LogP contribution in [-0.4, -0.2) is 10.2 Å². The molecule has 0 aliphatic carbocycles. The van der Waals surface area contributed by atoms with E-state index in [1.165, 1.54) is 12.3 Å². The highest BCUT2D eigenvalue weighted by Gasteiger charge is 2.14. The second-order valence-electron chi connectivity index (χ2n) is 4.44. The van der Waals surface area contributed by atoms with Crippen molar-refractivity contribution in [2.24, 2.45) is 0 Å². The van der Waals surface area contributed by atoms with Crippen LogP contribution in [0.3, 0.4) is 0 Å². The van der Waals surface area contributed by atoms with Gasteiger partial charge in [0.1, 0.15) is 11.8 Å². The molecule has 4 nitrogen and oxygen atoms in total. The molecule has 4 heteroatoms. The Bertz CT molecular complexity index is 804. The molecule has 0 saturated heterocycles. The van der Waals surface area contributed by atoms with Crippen LogP contribution in [0.2, 0.25) is 0 Å². The van der Waals surface area contributed by atoms with Gasteiger partial charge in [-0.2, -0.15) is 0 Å². The summed E-state index contributed by atoms with van der Waals surface area (Å²) in [7, 11) is 0. The van der Waals surface area contributed by atoms with Gasteiger partial charge in [0.05, 0.1) is 16.5 Å². The van der Waals surface area contributed by atoms with Crippen LogP contribution >= 0.6 is 0 Å². The fourth-order valence-electron chi connectivity index (χ4n) is 2.20. The average molecular weight is 268 g/mol. The molecule has 0 saturated carbocycles. The highest BCUT2D eigenvalue weighted by molar-refractivity contribution is 5.84. The topological polar surface area (TPSA) is 70.7 Å². The summed E-state index contributed by atoms with van der Waals surface area (Å²) in [4.78, 5) is 12.5. The largest absolute Gasteiger partial charge is 0.463 e. The number of fused-ring (bicyclic) bond motifs is 1. The lowest BCUT2D eigenvalue weighted by Gasteiger charge is -2.08. The summed E-state index contributed by atoms with van der Waals surface area (Å²) >= 11 is 0. The van der Waals surface area contributed by atoms with Gasteiger partial charge in [-0.05, 0) is 11.6 Å². The third-order valence-corrected chi connectivity index (χ3v) is 3.19. The van der Waals surface area contributed by atoms with Gasteiger partial charge in [0.15, 0.2) is 6.29 Å². The Morgan fingerprint density at radius 2 is 1.70 bits per heavy atom. The quantitative estimate of drug-likeness (QED) is 0.700. The number of aliphatic hydroxyl groups excluding tert-OH is 1. The minimum Gasteiger partial charge on any atom is -0.463 e. The maximum atomic E-state index is 12.5. The van der Waals surface area contributed by atoms with Crippen molar-refractivity contribution in [2.45, 2.75) is 6.29 Å². The van der Waals surface area contributed by atoms with E-state index in [2.05, 4.69) is 0 Å². The van der Waals surface area contributed by atoms with E-state index in [0.29, 0.717) is 10.9 Å². The van der Waals surface area contributed by atoms with Crippen molar-refractivity contribution >= 4 is 11.0 Å². The maximum absolute atomic E-state index is 12.5. The van der Waals surface area contributed by atoms with Gasteiger partial charge in [0.2, 0.25) is 5.43 Å². The Morgan fingerprint density at radius 3 is 2.40 bits per heavy atom. The van der Waals surface area contributed by atoms with Crippen molar-refractivity contribution in [1.29, 1.82) is 0 Å². The Labute approximate surface area is 114 Å². The molecular formula is C16H12O4. The highest BCUT2D eigenvalue weighted by atomic mass is 16.5. The molecule has 20 heavy (non-hydrogen) atoms. The average Bonchev–Trinajstić information content (AvgIpc) is 2.48. The first-order valence-corrected chi connectivity index (χ1v) is 6.14. The number of benzene rings is 2. The van der Waals surface area contributed by atoms with E-state index in [9.17, 15) is 15.0 Å². The van der Waals surface area contributed by atoms with Crippen LogP contribution in [-0.2, 0) is 0 Å². The molecule has 0 aliphatic rings. The van der Waals surface area contributed by atoms with Gasteiger partial charge >= 0.3 is 0 Å². The Balaban J connectivity index is 2.30. The van der Waals surface area contributed by atoms with Gasteiger partial charge in [-0.25, -0.2) is 0 Å². The van der Waals surface area contributed by atoms with Crippen molar-refractivity contribution in [3.05, 3.63) is 70.6 Å². The summed E-state index contributed by atoms with van der Waals surface area (Å²) < 4.78 is 5.45. The van der Waals surface area contributed by atoms with Crippen molar-refractivity contribution in [3.8, 4) is 11.1 Å². The third-order valence-electron chi connectivity index (χ3n) is 3.19. The lowest BCUT2D eigenvalue weighted by molar-refractivity contribution is -0.0419. The Hall–Kier alpha value is -2.43. The Kier molecular flexibility index (Phi) is 3.10. The summed E-state index contributed by atoms with van der Waals surface area (Å²) in [5, 5.41) is 18.9. The SMILES string of the molecule is O=c1c(-c2ccccc2)coc2c(C(O)O)cccc12. The van der Waals surface area contributed by atoms with Crippen molar-refractivity contribution < 1.29 is 14.6 Å². The zero-order chi connectivity index (χ0) is 14.1. The molecule has 0 bridgehead atoms. The van der Waals surface area contributed by atoms with E-state index in [1.54, 1.807) is 12.1 Å². The van der Waals surface area contributed by atoms with E-state index in [4.69, 9.17) is 4.42 Å². The van der Waals surface area contributed by atoms with Gasteiger partial charge in [0.25, 0.3) is 0 Å². The molecule has 0 aliphatic heterocycles. The normalized spacial score (nSPS) is 11.2. The molecule has 0 atom stereocenters. The van der Waals surface area contributed by atoms with Crippen LogP contribution in [0.4, 0.5) is 0 Å². The molecule has 0 spiro atoms. The second kappa shape index (κ2) is 4.92. The summed E-state index contributed by atoms with van der Waals surface area (Å²) in [5.41, 5.74) is 1.40. The number of aliphatic hydroxyl groups is 2. The second-order valence-corrected chi connectivity index (χ2v) is 4.44. The molecule has 100 valence electrons. The smallest absolute Gasteiger partial charge is 0.200 e. The number of para-hydroxylation sites is 1. The van der Waals surface area contributed by atoms with Crippen molar-refractivity contribution in [1.82, 2.24) is 0 Å². The first-order chi connectivity index (χ1) is 9.68. The molecule has 2 N–H and O–H groups in total. The predicted molar refractivity (Wildman–Crippen MR) is 75.1 cm³/mol. The minimum absolute atomic E-state index is 0.180. The third kappa shape index (κ3) is 2.01. The summed E-state index contributed by atoms with van der Waals surface area (Å²) in [5.74, 6) is 0. The molecule has 0 radical (unpaired) electrons. The zero-order valence-corrected chi connectivity index (χ0v) is 10.5. The summed E-state index contributed by atoms with van der Waals surface area (Å²) in [6, 6.07) is 13.9. The fourth-order valence-corrected chi connectivity index (χ4v) is 2.20. The van der Waals surface area contributed by atoms with Gasteiger partial charge in [-0.3, -0.25) is 4.79 Å². The van der Waals surface area contributed by atoms with Crippen molar-refractivity contribution in [2.75, 3.05) is 0 Å². The molecular weight excluding hydrogens is 256 g/mol. The number of rotatable bonds is 2. The van der Waals surface area contributed by atoms with Crippen LogP contribution in [0.15, 0.2) is 64.0 Å². The highest BCUT2D eigenvalue weighted by Crippen LogP contribution is 2.24. The summed E-state index contributed by atoms with van der Waals surface area (Å²) in [6.07, 6.45) is -0.323. The minimum atomic E-state index is -1.68. The van der Waals surface area contributed by atoms with Crippen LogP contribution in [0, 0.1) is 0 Å². The standard InChI is InChI=1S/C16H12O4/c17-14-11-7-4-8-12(16(18)19)15(11)20-9-13(14)10-5-2-1-3-6-10/h1-9,16,18-19H. The van der Waals surface area contributed by atoms with Crippen LogP contribution in [0.25, 0.3) is 22.1 Å². The lowest BCUT2D eigenvalue weighted by Crippen LogP contribution is -2.07. The van der Waals surface area contributed by atoms with Crippen LogP contribution in [0.5, 0.6) is 0 Å². The molecule has 0 fully saturated rings. The van der Waals surface area contributed by atoms with Gasteiger partial charge in [-0.15, -0.1) is 0 Å². The molecule has 0 amide bonds.